The van der Waals surface area contributed by atoms with Crippen molar-refractivity contribution in [3.05, 3.63) is 23.5 Å². The average molecular weight is 810 g/mol. The first-order chi connectivity index (χ1) is 27.3. The van der Waals surface area contributed by atoms with Gasteiger partial charge in [-0.3, -0.25) is 9.59 Å². The van der Waals surface area contributed by atoms with E-state index in [2.05, 4.69) is 57.9 Å². The van der Waals surface area contributed by atoms with Crippen LogP contribution in [-0.2, 0) is 41.7 Å². The van der Waals surface area contributed by atoms with Crippen LogP contribution in [0.3, 0.4) is 0 Å². The highest BCUT2D eigenvalue weighted by Crippen LogP contribution is 2.76. The molecular weight excluding hydrogens is 739 g/mol. The Hall–Kier alpha value is -3.28. The molecule has 1 aromatic heterocycles. The lowest BCUT2D eigenvalue weighted by Gasteiger charge is -2.72. The number of aromatic nitrogens is 3. The number of esters is 3. The summed E-state index contributed by atoms with van der Waals surface area (Å²) >= 11 is 0. The number of carboxylic acid groups (broad SMARTS) is 1. The molecule has 5 aliphatic rings. The maximum Gasteiger partial charge on any atom is 0.513 e. The number of ether oxygens (including phenoxy) is 3. The molecule has 0 spiro atoms. The van der Waals surface area contributed by atoms with Gasteiger partial charge in [-0.2, -0.15) is 0 Å². The fourth-order valence-electron chi connectivity index (χ4n) is 13.4. The topological polar surface area (TPSA) is 167 Å². The van der Waals surface area contributed by atoms with Crippen LogP contribution in [0.5, 0.6) is 0 Å². The van der Waals surface area contributed by atoms with E-state index in [4.69, 9.17) is 14.2 Å². The lowest BCUT2D eigenvalue weighted by Crippen LogP contribution is -2.68. The Morgan fingerprint density at radius 3 is 2.28 bits per heavy atom. The van der Waals surface area contributed by atoms with Gasteiger partial charge in [0.05, 0.1) is 11.6 Å². The van der Waals surface area contributed by atoms with E-state index in [1.165, 1.54) is 35.9 Å². The third kappa shape index (κ3) is 7.66. The van der Waals surface area contributed by atoms with Crippen molar-refractivity contribution < 1.29 is 43.6 Å². The molecular formula is C46H71N3O9. The van der Waals surface area contributed by atoms with E-state index < -0.39 is 34.7 Å². The molecule has 2 unspecified atom stereocenters. The molecule has 1 heterocycles. The fraction of sp³-hybridized carbons (Fsp3) is 0.826. The van der Waals surface area contributed by atoms with Gasteiger partial charge in [-0.15, -0.1) is 5.10 Å². The number of fused-ring (bicyclic) bond motifs is 7. The van der Waals surface area contributed by atoms with Crippen molar-refractivity contribution >= 4 is 24.1 Å². The lowest BCUT2D eigenvalue weighted by molar-refractivity contribution is -0.318. The predicted octanol–water partition coefficient (Wildman–Crippen LogP) is 9.57. The smallest absolute Gasteiger partial charge is 0.459 e. The molecule has 10 atom stereocenters. The number of hydrogen-bond acceptors (Lipinski definition) is 10. The second kappa shape index (κ2) is 16.6. The predicted molar refractivity (Wildman–Crippen MR) is 217 cm³/mol. The van der Waals surface area contributed by atoms with Gasteiger partial charge in [0, 0.05) is 18.3 Å². The molecule has 12 heteroatoms. The quantitative estimate of drug-likeness (QED) is 0.0459. The first-order valence-electron chi connectivity index (χ1n) is 22.4. The Morgan fingerprint density at radius 2 is 1.57 bits per heavy atom. The highest BCUT2D eigenvalue weighted by atomic mass is 16.7. The van der Waals surface area contributed by atoms with E-state index in [9.17, 15) is 29.4 Å². The number of hydrogen-bond donors (Lipinski definition) is 2. The van der Waals surface area contributed by atoms with E-state index >= 15 is 0 Å². The van der Waals surface area contributed by atoms with Gasteiger partial charge in [-0.1, -0.05) is 111 Å². The SMILES string of the molecule is CCCCCCCCCC(=O)OCc1cn(CC(=O)OC2(O)CC[C@@]3(C)C(CC[C@]4(C)[C@@H]3CC=C3[C@@H]5[C@@H](C)[C@H](C)CC[C@]5(C(=O)OC(=O)O)CC[C@]34C)C2(C)C)nn1. The number of carbonyl (C=O) groups is 4. The fourth-order valence-corrected chi connectivity index (χ4v) is 13.4. The zero-order valence-electron chi connectivity index (χ0n) is 36.6. The maximum absolute atomic E-state index is 13.7. The zero-order chi connectivity index (χ0) is 42.3. The van der Waals surface area contributed by atoms with Crippen molar-refractivity contribution in [2.75, 3.05) is 0 Å². The van der Waals surface area contributed by atoms with Crippen LogP contribution in [-0.4, -0.2) is 55.1 Å². The number of allylic oxidation sites excluding steroid dienone is 2. The minimum absolute atomic E-state index is 0.0195. The number of unbranched alkanes of at least 4 members (excludes halogenated alkanes) is 6. The van der Waals surface area contributed by atoms with Crippen molar-refractivity contribution in [1.29, 1.82) is 0 Å². The van der Waals surface area contributed by atoms with Crippen molar-refractivity contribution in [1.82, 2.24) is 15.0 Å². The van der Waals surface area contributed by atoms with E-state index in [-0.39, 0.29) is 53.1 Å². The van der Waals surface area contributed by atoms with E-state index in [0.717, 1.165) is 51.4 Å². The van der Waals surface area contributed by atoms with Crippen LogP contribution < -0.4 is 0 Å². The van der Waals surface area contributed by atoms with Gasteiger partial charge in [-0.25, -0.2) is 14.3 Å². The van der Waals surface area contributed by atoms with Gasteiger partial charge in [-0.05, 0) is 104 Å². The second-order valence-corrected chi connectivity index (χ2v) is 20.4. The Labute approximate surface area is 345 Å². The van der Waals surface area contributed by atoms with Crippen molar-refractivity contribution in [3.8, 4) is 0 Å². The summed E-state index contributed by atoms with van der Waals surface area (Å²) in [5.41, 5.74) is -0.280. The normalized spacial score (nSPS) is 37.5. The first-order valence-corrected chi connectivity index (χ1v) is 22.4. The molecule has 12 nitrogen and oxygen atoms in total. The first kappa shape index (κ1) is 44.3. The average Bonchev–Trinajstić information content (AvgIpc) is 3.60. The van der Waals surface area contributed by atoms with E-state index in [1.807, 2.05) is 13.8 Å². The third-order valence-electron chi connectivity index (χ3n) is 17.2. The van der Waals surface area contributed by atoms with E-state index in [1.54, 1.807) is 6.20 Å². The third-order valence-corrected chi connectivity index (χ3v) is 17.2. The van der Waals surface area contributed by atoms with Crippen LogP contribution in [0.2, 0.25) is 0 Å². The molecule has 1 aromatic rings. The Morgan fingerprint density at radius 1 is 0.862 bits per heavy atom. The Balaban J connectivity index is 1.11. The summed E-state index contributed by atoms with van der Waals surface area (Å²) in [5.74, 6) is -2.25. The lowest BCUT2D eigenvalue weighted by atomic mass is 9.33. The molecule has 0 radical (unpaired) electrons. The van der Waals surface area contributed by atoms with Gasteiger partial charge in [0.25, 0.3) is 0 Å². The van der Waals surface area contributed by atoms with Gasteiger partial charge in [0.2, 0.25) is 5.79 Å². The van der Waals surface area contributed by atoms with Crippen LogP contribution in [0.15, 0.2) is 17.8 Å². The summed E-state index contributed by atoms with van der Waals surface area (Å²) in [6.07, 6.45) is 17.2. The van der Waals surface area contributed by atoms with Gasteiger partial charge in [0.15, 0.2) is 0 Å². The van der Waals surface area contributed by atoms with Crippen LogP contribution >= 0.6 is 0 Å². The highest BCUT2D eigenvalue weighted by Gasteiger charge is 2.71. The zero-order valence-corrected chi connectivity index (χ0v) is 36.6. The molecule has 0 amide bonds. The molecule has 58 heavy (non-hydrogen) atoms. The monoisotopic (exact) mass is 810 g/mol. The molecule has 4 fully saturated rings. The molecule has 4 saturated carbocycles. The van der Waals surface area contributed by atoms with Crippen molar-refractivity contribution in [3.63, 3.8) is 0 Å². The summed E-state index contributed by atoms with van der Waals surface area (Å²) in [5, 5.41) is 29.9. The van der Waals surface area contributed by atoms with Crippen molar-refractivity contribution in [2.24, 2.45) is 56.7 Å². The molecule has 0 saturated heterocycles. The van der Waals surface area contributed by atoms with Gasteiger partial charge in [0.1, 0.15) is 18.8 Å². The Kier molecular flexibility index (Phi) is 12.7. The summed E-state index contributed by atoms with van der Waals surface area (Å²) < 4.78 is 17.8. The molecule has 2 N–H and O–H groups in total. The molecule has 0 aliphatic heterocycles. The second-order valence-electron chi connectivity index (χ2n) is 20.4. The Bertz CT molecular complexity index is 1740. The molecule has 5 aliphatic carbocycles. The number of carbonyl (C=O) groups excluding carboxylic acids is 3. The molecule has 0 bridgehead atoms. The minimum Gasteiger partial charge on any atom is -0.459 e. The maximum atomic E-state index is 13.7. The minimum atomic E-state index is -1.68. The standard InChI is InChI=1S/C46H71N3O9/c1-9-10-11-12-13-14-15-16-36(50)56-29-32-27-49(48-47-32)28-37(51)58-46(55)26-23-42(6)34(41(46,4)5)20-21-44(8)35(42)18-17-33-38-31(3)30(2)19-22-45(38,25-24-43(33,44)7)39(52)57-40(53)54/h17,27,30-31,34-35,38,55H,9-16,18-26,28-29H2,1-8H3,(H,53,54)/t30-,31+,34?,35-,38+,42+,43-,44-,45+,46?/m1/s1. The number of nitrogens with zero attached hydrogens (tertiary/aromatic N) is 3. The highest BCUT2D eigenvalue weighted by molar-refractivity contribution is 5.86. The van der Waals surface area contributed by atoms with E-state index in [0.29, 0.717) is 49.6 Å². The van der Waals surface area contributed by atoms with Crippen molar-refractivity contribution in [2.45, 2.75) is 183 Å². The molecule has 324 valence electrons. The molecule has 6 rings (SSSR count). The van der Waals surface area contributed by atoms with Gasteiger partial charge < -0.3 is 24.4 Å². The molecule has 0 aromatic carbocycles. The summed E-state index contributed by atoms with van der Waals surface area (Å²) in [7, 11) is 0. The number of rotatable bonds is 14. The summed E-state index contributed by atoms with van der Waals surface area (Å²) in [4.78, 5) is 51.1. The van der Waals surface area contributed by atoms with Crippen LogP contribution in [0.4, 0.5) is 4.79 Å². The van der Waals surface area contributed by atoms with Crippen LogP contribution in [0, 0.1) is 56.7 Å². The largest absolute Gasteiger partial charge is 0.513 e. The van der Waals surface area contributed by atoms with Gasteiger partial charge >= 0.3 is 24.1 Å². The van der Waals surface area contributed by atoms with Crippen LogP contribution in [0.1, 0.15) is 170 Å². The number of aliphatic hydroxyl groups is 1. The summed E-state index contributed by atoms with van der Waals surface area (Å²) in [6.45, 7) is 17.7. The summed E-state index contributed by atoms with van der Waals surface area (Å²) in [6, 6.07) is 0. The van der Waals surface area contributed by atoms with Crippen LogP contribution in [0.25, 0.3) is 0 Å².